The van der Waals surface area contributed by atoms with Gasteiger partial charge in [-0.1, -0.05) is 48.5 Å². The molecule has 0 aromatic heterocycles. The minimum absolute atomic E-state index is 0.0372. The van der Waals surface area contributed by atoms with E-state index in [4.69, 9.17) is 9.57 Å². The summed E-state index contributed by atoms with van der Waals surface area (Å²) in [5.41, 5.74) is 2.65. The van der Waals surface area contributed by atoms with Crippen molar-refractivity contribution in [3.05, 3.63) is 77.9 Å². The summed E-state index contributed by atoms with van der Waals surface area (Å²) in [6.45, 7) is 3.27. The molecular weight excluding hydrogens is 376 g/mol. The van der Waals surface area contributed by atoms with Crippen LogP contribution in [-0.4, -0.2) is 42.8 Å². The van der Waals surface area contributed by atoms with E-state index in [-0.39, 0.29) is 12.0 Å². The van der Waals surface area contributed by atoms with Gasteiger partial charge in [-0.2, -0.15) is 0 Å². The highest BCUT2D eigenvalue weighted by molar-refractivity contribution is 6.07. The van der Waals surface area contributed by atoms with Crippen LogP contribution in [0.5, 0.6) is 5.75 Å². The summed E-state index contributed by atoms with van der Waals surface area (Å²) in [5, 5.41) is 6.33. The maximum atomic E-state index is 13.4. The first-order chi connectivity index (χ1) is 14.7. The molecule has 4 rings (SSSR count). The molecule has 3 aromatic rings. The Kier molecular flexibility index (Phi) is 5.98. The molecule has 0 spiro atoms. The van der Waals surface area contributed by atoms with Crippen molar-refractivity contribution < 1.29 is 14.4 Å². The number of methoxy groups -OCH3 is 1. The fourth-order valence-corrected chi connectivity index (χ4v) is 3.85. The van der Waals surface area contributed by atoms with Crippen LogP contribution in [0.3, 0.4) is 0 Å². The zero-order chi connectivity index (χ0) is 20.9. The minimum atomic E-state index is -0.146. The number of fused-ring (bicyclic) bond motifs is 1. The Balaban J connectivity index is 1.48. The van der Waals surface area contributed by atoms with Crippen molar-refractivity contribution in [2.45, 2.75) is 25.9 Å². The zero-order valence-electron chi connectivity index (χ0n) is 17.4. The number of nitrogens with zero attached hydrogens (tertiary/aromatic N) is 2. The molecule has 0 unspecified atom stereocenters. The van der Waals surface area contributed by atoms with Crippen LogP contribution in [0, 0.1) is 0 Å². The summed E-state index contributed by atoms with van der Waals surface area (Å²) in [4.78, 5) is 21.0. The molecule has 3 aromatic carbocycles. The third-order valence-electron chi connectivity index (χ3n) is 5.38. The highest BCUT2D eigenvalue weighted by Gasteiger charge is 2.27. The first-order valence-electron chi connectivity index (χ1n) is 10.3. The Morgan fingerprint density at radius 1 is 1.10 bits per heavy atom. The summed E-state index contributed by atoms with van der Waals surface area (Å²) in [5.74, 6) is 0.847. The van der Waals surface area contributed by atoms with Gasteiger partial charge in [0.25, 0.3) is 5.91 Å². The second-order valence-electron chi connectivity index (χ2n) is 7.48. The number of rotatable bonds is 7. The lowest BCUT2D eigenvalue weighted by Gasteiger charge is -2.25. The van der Waals surface area contributed by atoms with Crippen molar-refractivity contribution in [3.63, 3.8) is 0 Å². The second kappa shape index (κ2) is 8.99. The maximum absolute atomic E-state index is 13.4. The highest BCUT2D eigenvalue weighted by atomic mass is 16.6. The predicted octanol–water partition coefficient (Wildman–Crippen LogP) is 4.89. The molecule has 1 heterocycles. The van der Waals surface area contributed by atoms with Gasteiger partial charge in [-0.15, -0.1) is 0 Å². The Hall–Kier alpha value is -3.34. The number of amides is 1. The summed E-state index contributed by atoms with van der Waals surface area (Å²) < 4.78 is 5.22. The highest BCUT2D eigenvalue weighted by Crippen LogP contribution is 2.23. The summed E-state index contributed by atoms with van der Waals surface area (Å²) in [6.07, 6.45) is 1.41. The maximum Gasteiger partial charge on any atom is 0.254 e. The predicted molar refractivity (Wildman–Crippen MR) is 119 cm³/mol. The average molecular weight is 402 g/mol. The number of oxime groups is 1. The molecule has 0 bridgehead atoms. The second-order valence-corrected chi connectivity index (χ2v) is 7.48. The number of hydrogen-bond donors (Lipinski definition) is 0. The summed E-state index contributed by atoms with van der Waals surface area (Å²) >= 11 is 0. The zero-order valence-corrected chi connectivity index (χ0v) is 17.4. The monoisotopic (exact) mass is 402 g/mol. The van der Waals surface area contributed by atoms with Crippen LogP contribution in [-0.2, 0) is 4.84 Å². The van der Waals surface area contributed by atoms with Crippen molar-refractivity contribution in [1.29, 1.82) is 0 Å². The summed E-state index contributed by atoms with van der Waals surface area (Å²) in [7, 11) is 1.65. The van der Waals surface area contributed by atoms with Crippen molar-refractivity contribution in [1.82, 2.24) is 4.90 Å². The van der Waals surface area contributed by atoms with Gasteiger partial charge < -0.3 is 14.5 Å². The standard InChI is InChI=1S/C25H26N2O3/c1-3-15-27(25(28)23-10-6-8-18-7-4-5-9-22(18)23)17-21-16-24(26-30-21)19-11-13-20(29-2)14-12-19/h4-14,21H,3,15-17H2,1-2H3/t21-/m0/s1. The average Bonchev–Trinajstić information content (AvgIpc) is 3.26. The lowest BCUT2D eigenvalue weighted by Crippen LogP contribution is -2.38. The smallest absolute Gasteiger partial charge is 0.254 e. The van der Waals surface area contributed by atoms with Crippen molar-refractivity contribution in [2.24, 2.45) is 5.16 Å². The van der Waals surface area contributed by atoms with Crippen LogP contribution in [0.4, 0.5) is 0 Å². The van der Waals surface area contributed by atoms with E-state index < -0.39 is 0 Å². The number of carbonyl (C=O) groups is 1. The van der Waals surface area contributed by atoms with E-state index in [9.17, 15) is 4.79 Å². The van der Waals surface area contributed by atoms with E-state index in [0.717, 1.165) is 39.8 Å². The molecular formula is C25H26N2O3. The van der Waals surface area contributed by atoms with Crippen LogP contribution in [0.15, 0.2) is 71.9 Å². The molecule has 30 heavy (non-hydrogen) atoms. The van der Waals surface area contributed by atoms with E-state index in [1.807, 2.05) is 71.6 Å². The van der Waals surface area contributed by atoms with Gasteiger partial charge >= 0.3 is 0 Å². The molecule has 1 aliphatic rings. The molecule has 0 saturated carbocycles. The van der Waals surface area contributed by atoms with Gasteiger partial charge in [0, 0.05) is 18.5 Å². The largest absolute Gasteiger partial charge is 0.497 e. The van der Waals surface area contributed by atoms with Crippen LogP contribution in [0.2, 0.25) is 0 Å². The van der Waals surface area contributed by atoms with Crippen LogP contribution in [0.25, 0.3) is 10.8 Å². The van der Waals surface area contributed by atoms with Crippen molar-refractivity contribution in [2.75, 3.05) is 20.2 Å². The van der Waals surface area contributed by atoms with Crippen molar-refractivity contribution in [3.8, 4) is 5.75 Å². The van der Waals surface area contributed by atoms with Gasteiger partial charge in [-0.25, -0.2) is 0 Å². The molecule has 0 N–H and O–H groups in total. The molecule has 1 atom stereocenters. The normalized spacial score (nSPS) is 15.5. The number of hydrogen-bond acceptors (Lipinski definition) is 4. The first kappa shape index (κ1) is 20.0. The van der Waals surface area contributed by atoms with Crippen molar-refractivity contribution >= 4 is 22.4 Å². The van der Waals surface area contributed by atoms with Crippen LogP contribution >= 0.6 is 0 Å². The van der Waals surface area contributed by atoms with Gasteiger partial charge in [-0.05, 0) is 53.1 Å². The van der Waals surface area contributed by atoms with E-state index >= 15 is 0 Å². The molecule has 5 nitrogen and oxygen atoms in total. The molecule has 0 radical (unpaired) electrons. The lowest BCUT2D eigenvalue weighted by molar-refractivity contribution is 0.0425. The van der Waals surface area contributed by atoms with Crippen LogP contribution < -0.4 is 4.74 Å². The molecule has 0 fully saturated rings. The molecule has 154 valence electrons. The van der Waals surface area contributed by atoms with E-state index in [1.165, 1.54) is 0 Å². The third kappa shape index (κ3) is 4.15. The molecule has 0 saturated heterocycles. The van der Waals surface area contributed by atoms with E-state index in [1.54, 1.807) is 7.11 Å². The molecule has 1 aliphatic heterocycles. The fourth-order valence-electron chi connectivity index (χ4n) is 3.85. The fraction of sp³-hybridized carbons (Fsp3) is 0.280. The molecule has 1 amide bonds. The number of benzene rings is 3. The van der Waals surface area contributed by atoms with E-state index in [2.05, 4.69) is 12.1 Å². The Labute approximate surface area is 176 Å². The van der Waals surface area contributed by atoms with Gasteiger partial charge in [0.2, 0.25) is 0 Å². The Morgan fingerprint density at radius 2 is 1.87 bits per heavy atom. The SMILES string of the molecule is CCCN(C[C@@H]1CC(c2ccc(OC)cc2)=NO1)C(=O)c1cccc2ccccc12. The van der Waals surface area contributed by atoms with E-state index in [0.29, 0.717) is 19.5 Å². The minimum Gasteiger partial charge on any atom is -0.497 e. The molecule has 5 heteroatoms. The van der Waals surface area contributed by atoms with Crippen LogP contribution in [0.1, 0.15) is 35.7 Å². The van der Waals surface area contributed by atoms with Gasteiger partial charge in [0.05, 0.1) is 19.4 Å². The number of carbonyl (C=O) groups excluding carboxylic acids is 1. The van der Waals surface area contributed by atoms with Gasteiger partial charge in [0.1, 0.15) is 5.75 Å². The molecule has 0 aliphatic carbocycles. The van der Waals surface area contributed by atoms with Gasteiger partial charge in [0.15, 0.2) is 6.10 Å². The first-order valence-corrected chi connectivity index (χ1v) is 10.3. The quantitative estimate of drug-likeness (QED) is 0.565. The third-order valence-corrected chi connectivity index (χ3v) is 5.38. The Morgan fingerprint density at radius 3 is 2.63 bits per heavy atom. The summed E-state index contributed by atoms with van der Waals surface area (Å²) in [6, 6.07) is 21.7. The lowest BCUT2D eigenvalue weighted by atomic mass is 10.0. The topological polar surface area (TPSA) is 51.1 Å². The van der Waals surface area contributed by atoms with Gasteiger partial charge in [-0.3, -0.25) is 4.79 Å². The number of ether oxygens (including phenoxy) is 1. The Bertz CT molecular complexity index is 1050.